The van der Waals surface area contributed by atoms with Gasteiger partial charge in [0, 0.05) is 23.4 Å². The van der Waals surface area contributed by atoms with Gasteiger partial charge < -0.3 is 4.90 Å². The summed E-state index contributed by atoms with van der Waals surface area (Å²) < 4.78 is 0. The number of carbonyl (C=O) groups is 1. The van der Waals surface area contributed by atoms with E-state index in [0.717, 1.165) is 23.4 Å². The zero-order valence-corrected chi connectivity index (χ0v) is 12.1. The summed E-state index contributed by atoms with van der Waals surface area (Å²) in [6.07, 6.45) is 0. The largest absolute Gasteiger partial charge is 0.315 e. The van der Waals surface area contributed by atoms with Gasteiger partial charge in [-0.3, -0.25) is 4.79 Å². The molecule has 2 aliphatic rings. The summed E-state index contributed by atoms with van der Waals surface area (Å²) in [5.74, 6) is 1.17. The Balaban J connectivity index is 1.99. The quantitative estimate of drug-likeness (QED) is 0.798. The summed E-state index contributed by atoms with van der Waals surface area (Å²) >= 11 is 1.87. The van der Waals surface area contributed by atoms with Gasteiger partial charge in [0.15, 0.2) is 0 Å². The smallest absolute Gasteiger partial charge is 0.255 e. The predicted molar refractivity (Wildman–Crippen MR) is 81.9 cm³/mol. The molecule has 1 fully saturated rings. The molecule has 3 heteroatoms. The Morgan fingerprint density at radius 3 is 2.65 bits per heavy atom. The van der Waals surface area contributed by atoms with Gasteiger partial charge in [-0.25, -0.2) is 0 Å². The molecule has 0 saturated carbocycles. The van der Waals surface area contributed by atoms with Crippen LogP contribution in [0.25, 0.3) is 0 Å². The lowest BCUT2D eigenvalue weighted by Gasteiger charge is -2.32. The van der Waals surface area contributed by atoms with Crippen LogP contribution in [0.1, 0.15) is 27.0 Å². The number of fused-ring (bicyclic) bond motifs is 3. The van der Waals surface area contributed by atoms with Crippen LogP contribution >= 0.6 is 11.8 Å². The molecular formula is C17H15NOS. The summed E-state index contributed by atoms with van der Waals surface area (Å²) in [5.41, 5.74) is 4.47. The first kappa shape index (κ1) is 12.0. The highest BCUT2D eigenvalue weighted by Crippen LogP contribution is 2.55. The van der Waals surface area contributed by atoms with Gasteiger partial charge in [-0.05, 0) is 18.6 Å². The summed E-state index contributed by atoms with van der Waals surface area (Å²) in [6.45, 7) is 2.92. The third-order valence-electron chi connectivity index (χ3n) is 4.22. The van der Waals surface area contributed by atoms with Crippen molar-refractivity contribution in [3.63, 3.8) is 0 Å². The van der Waals surface area contributed by atoms with Crippen molar-refractivity contribution in [2.24, 2.45) is 0 Å². The summed E-state index contributed by atoms with van der Waals surface area (Å²) in [5, 5.41) is 0. The van der Waals surface area contributed by atoms with Crippen molar-refractivity contribution in [1.82, 2.24) is 4.90 Å². The maximum absolute atomic E-state index is 12.6. The van der Waals surface area contributed by atoms with Gasteiger partial charge in [0.1, 0.15) is 4.87 Å². The van der Waals surface area contributed by atoms with Gasteiger partial charge in [0.25, 0.3) is 5.91 Å². The summed E-state index contributed by atoms with van der Waals surface area (Å²) in [6, 6.07) is 16.6. The van der Waals surface area contributed by atoms with Gasteiger partial charge in [-0.15, -0.1) is 11.8 Å². The van der Waals surface area contributed by atoms with E-state index in [4.69, 9.17) is 0 Å². The molecule has 20 heavy (non-hydrogen) atoms. The topological polar surface area (TPSA) is 20.3 Å². The first-order chi connectivity index (χ1) is 9.73. The lowest BCUT2D eigenvalue weighted by atomic mass is 9.96. The fraction of sp³-hybridized carbons (Fsp3) is 0.235. The lowest BCUT2D eigenvalue weighted by Crippen LogP contribution is -2.37. The van der Waals surface area contributed by atoms with Crippen LogP contribution in [-0.2, 0) is 4.87 Å². The number of nitrogens with zero attached hydrogens (tertiary/aromatic N) is 1. The van der Waals surface area contributed by atoms with E-state index in [0.29, 0.717) is 0 Å². The Labute approximate surface area is 122 Å². The molecule has 2 aromatic rings. The minimum Gasteiger partial charge on any atom is -0.315 e. The maximum atomic E-state index is 12.6. The molecule has 0 aliphatic carbocycles. The molecule has 1 amide bonds. The third kappa shape index (κ3) is 1.39. The molecule has 4 rings (SSSR count). The van der Waals surface area contributed by atoms with Crippen molar-refractivity contribution in [3.05, 3.63) is 70.8 Å². The molecule has 1 atom stereocenters. The van der Waals surface area contributed by atoms with Gasteiger partial charge in [0.2, 0.25) is 0 Å². The second kappa shape index (κ2) is 4.13. The SMILES string of the molecule is Cc1ccc([C@]23SCCN2C(=O)c2ccccc23)cc1. The van der Waals surface area contributed by atoms with E-state index in [1.54, 1.807) is 0 Å². The average Bonchev–Trinajstić information content (AvgIpc) is 3.01. The van der Waals surface area contributed by atoms with Crippen LogP contribution < -0.4 is 0 Å². The van der Waals surface area contributed by atoms with Gasteiger partial charge >= 0.3 is 0 Å². The molecule has 1 saturated heterocycles. The zero-order valence-electron chi connectivity index (χ0n) is 11.3. The molecule has 2 heterocycles. The number of aryl methyl sites for hydroxylation is 1. The standard InChI is InChI=1S/C17H15NOS/c1-12-6-8-13(9-7-12)17-15-5-3-2-4-14(15)16(19)18(17)10-11-20-17/h2-9H,10-11H2,1H3/t17-/m1/s1. The number of rotatable bonds is 1. The van der Waals surface area contributed by atoms with Crippen molar-refractivity contribution in [2.75, 3.05) is 12.3 Å². The molecule has 2 nitrogen and oxygen atoms in total. The van der Waals surface area contributed by atoms with E-state index in [9.17, 15) is 4.79 Å². The summed E-state index contributed by atoms with van der Waals surface area (Å²) in [4.78, 5) is 14.4. The highest BCUT2D eigenvalue weighted by molar-refractivity contribution is 8.00. The monoisotopic (exact) mass is 281 g/mol. The Bertz CT molecular complexity index is 694. The average molecular weight is 281 g/mol. The van der Waals surface area contributed by atoms with Gasteiger partial charge in [-0.2, -0.15) is 0 Å². The molecule has 0 radical (unpaired) electrons. The van der Waals surface area contributed by atoms with E-state index >= 15 is 0 Å². The van der Waals surface area contributed by atoms with Gasteiger partial charge in [-0.1, -0.05) is 48.0 Å². The molecule has 100 valence electrons. The van der Waals surface area contributed by atoms with Crippen LogP contribution in [-0.4, -0.2) is 23.1 Å². The second-order valence-corrected chi connectivity index (χ2v) is 6.65. The van der Waals surface area contributed by atoms with Crippen LogP contribution in [0.2, 0.25) is 0 Å². The number of thioether (sulfide) groups is 1. The number of amides is 1. The van der Waals surface area contributed by atoms with E-state index in [-0.39, 0.29) is 10.8 Å². The number of hydrogen-bond donors (Lipinski definition) is 0. The predicted octanol–water partition coefficient (Wildman–Crippen LogP) is 3.40. The number of hydrogen-bond acceptors (Lipinski definition) is 2. The van der Waals surface area contributed by atoms with Crippen LogP contribution in [0.15, 0.2) is 48.5 Å². The van der Waals surface area contributed by atoms with E-state index in [1.165, 1.54) is 11.1 Å². The Morgan fingerprint density at radius 1 is 1.10 bits per heavy atom. The van der Waals surface area contributed by atoms with Crippen LogP contribution in [0, 0.1) is 6.92 Å². The summed E-state index contributed by atoms with van der Waals surface area (Å²) in [7, 11) is 0. The van der Waals surface area contributed by atoms with Crippen molar-refractivity contribution in [3.8, 4) is 0 Å². The third-order valence-corrected chi connectivity index (χ3v) is 5.70. The number of carbonyl (C=O) groups excluding carboxylic acids is 1. The number of benzene rings is 2. The minimum absolute atomic E-state index is 0.172. The first-order valence-corrected chi connectivity index (χ1v) is 7.84. The normalized spacial score (nSPS) is 23.9. The van der Waals surface area contributed by atoms with E-state index < -0.39 is 0 Å². The fourth-order valence-electron chi connectivity index (χ4n) is 3.27. The van der Waals surface area contributed by atoms with Crippen LogP contribution in [0.4, 0.5) is 0 Å². The lowest BCUT2D eigenvalue weighted by molar-refractivity contribution is 0.0752. The molecule has 0 bridgehead atoms. The van der Waals surface area contributed by atoms with Crippen molar-refractivity contribution < 1.29 is 4.79 Å². The van der Waals surface area contributed by atoms with E-state index in [2.05, 4.69) is 37.3 Å². The Hall–Kier alpha value is -1.74. The van der Waals surface area contributed by atoms with Crippen LogP contribution in [0.3, 0.4) is 0 Å². The van der Waals surface area contributed by atoms with Crippen molar-refractivity contribution in [1.29, 1.82) is 0 Å². The molecule has 0 unspecified atom stereocenters. The van der Waals surface area contributed by atoms with Crippen LogP contribution in [0.5, 0.6) is 0 Å². The van der Waals surface area contributed by atoms with E-state index in [1.807, 2.05) is 34.9 Å². The molecule has 2 aromatic carbocycles. The minimum atomic E-state index is -0.304. The molecule has 0 spiro atoms. The maximum Gasteiger partial charge on any atom is 0.255 e. The highest BCUT2D eigenvalue weighted by Gasteiger charge is 2.54. The van der Waals surface area contributed by atoms with Gasteiger partial charge in [0.05, 0.1) is 0 Å². The molecule has 0 aromatic heterocycles. The second-order valence-electron chi connectivity index (χ2n) is 5.36. The Morgan fingerprint density at radius 2 is 1.85 bits per heavy atom. The molecular weight excluding hydrogens is 266 g/mol. The fourth-order valence-corrected chi connectivity index (χ4v) is 4.81. The molecule has 0 N–H and O–H groups in total. The highest BCUT2D eigenvalue weighted by atomic mass is 32.2. The molecule has 2 aliphatic heterocycles. The Kier molecular flexibility index (Phi) is 2.48. The zero-order chi connectivity index (χ0) is 13.7. The van der Waals surface area contributed by atoms with Crippen molar-refractivity contribution >= 4 is 17.7 Å². The van der Waals surface area contributed by atoms with Crippen molar-refractivity contribution in [2.45, 2.75) is 11.8 Å². The first-order valence-electron chi connectivity index (χ1n) is 6.86.